The van der Waals surface area contributed by atoms with E-state index >= 15 is 0 Å². The van der Waals surface area contributed by atoms with Crippen LogP contribution in [0.5, 0.6) is 17.2 Å². The topological polar surface area (TPSA) is 86.9 Å². The summed E-state index contributed by atoms with van der Waals surface area (Å²) in [7, 11) is 4.58. The van der Waals surface area contributed by atoms with Crippen molar-refractivity contribution in [3.63, 3.8) is 0 Å². The number of H-pyrrole nitrogens is 1. The molecule has 7 heteroatoms. The van der Waals surface area contributed by atoms with Gasteiger partial charge in [-0.15, -0.1) is 0 Å². The second-order valence-electron chi connectivity index (χ2n) is 6.00. The minimum Gasteiger partial charge on any atom is -0.493 e. The van der Waals surface area contributed by atoms with Gasteiger partial charge in [-0.1, -0.05) is 6.08 Å². The lowest BCUT2D eigenvalue weighted by Crippen LogP contribution is -2.07. The molecule has 28 heavy (non-hydrogen) atoms. The van der Waals surface area contributed by atoms with Crippen molar-refractivity contribution in [3.8, 4) is 17.2 Å². The third-order valence-electron chi connectivity index (χ3n) is 4.28. The van der Waals surface area contributed by atoms with Crippen LogP contribution in [-0.4, -0.2) is 44.7 Å². The van der Waals surface area contributed by atoms with Crippen molar-refractivity contribution in [3.05, 3.63) is 46.3 Å². The molecule has 0 saturated carbocycles. The number of benzene rings is 1. The van der Waals surface area contributed by atoms with E-state index < -0.39 is 5.97 Å². The number of allylic oxidation sites excluding steroid dienone is 1. The van der Waals surface area contributed by atoms with Gasteiger partial charge in [0.1, 0.15) is 5.69 Å². The average molecular weight is 387 g/mol. The van der Waals surface area contributed by atoms with Crippen LogP contribution in [0, 0.1) is 13.8 Å². The lowest BCUT2D eigenvalue weighted by atomic mass is 10.0. The fraction of sp³-hybridized carbons (Fsp3) is 0.333. The molecule has 0 bridgehead atoms. The Kier molecular flexibility index (Phi) is 6.87. The van der Waals surface area contributed by atoms with Crippen LogP contribution < -0.4 is 14.2 Å². The highest BCUT2D eigenvalue weighted by Crippen LogP contribution is 2.38. The largest absolute Gasteiger partial charge is 0.493 e. The van der Waals surface area contributed by atoms with Gasteiger partial charge in [-0.05, 0) is 50.1 Å². The molecule has 1 aromatic carbocycles. The van der Waals surface area contributed by atoms with Gasteiger partial charge in [-0.25, -0.2) is 4.79 Å². The van der Waals surface area contributed by atoms with Gasteiger partial charge in [0.25, 0.3) is 0 Å². The Morgan fingerprint density at radius 1 is 1.04 bits per heavy atom. The maximum Gasteiger partial charge on any atom is 0.355 e. The Morgan fingerprint density at radius 2 is 1.64 bits per heavy atom. The maximum absolute atomic E-state index is 12.7. The first-order valence-corrected chi connectivity index (χ1v) is 8.76. The quantitative estimate of drug-likeness (QED) is 0.422. The van der Waals surface area contributed by atoms with E-state index in [4.69, 9.17) is 18.9 Å². The Bertz CT molecular complexity index is 885. The number of nitrogens with one attached hydrogen (secondary N) is 1. The van der Waals surface area contributed by atoms with Gasteiger partial charge in [0, 0.05) is 11.3 Å². The van der Waals surface area contributed by atoms with Crippen molar-refractivity contribution in [2.24, 2.45) is 0 Å². The first-order valence-electron chi connectivity index (χ1n) is 8.76. The van der Waals surface area contributed by atoms with Gasteiger partial charge >= 0.3 is 5.97 Å². The number of carbonyl (C=O) groups is 2. The predicted molar refractivity (Wildman–Crippen MR) is 106 cm³/mol. The summed E-state index contributed by atoms with van der Waals surface area (Å²) in [5, 5.41) is 0. The molecule has 0 saturated heterocycles. The minimum atomic E-state index is -0.476. The zero-order chi connectivity index (χ0) is 20.8. The molecule has 0 radical (unpaired) electrons. The third kappa shape index (κ3) is 4.19. The highest BCUT2D eigenvalue weighted by Gasteiger charge is 2.21. The highest BCUT2D eigenvalue weighted by molar-refractivity contribution is 6.10. The summed E-state index contributed by atoms with van der Waals surface area (Å²) in [6, 6.07) is 3.48. The number of carbonyl (C=O) groups excluding carboxylic acids is 2. The fourth-order valence-electron chi connectivity index (χ4n) is 2.98. The molecule has 1 N–H and O–H groups in total. The molecule has 0 atom stereocenters. The predicted octanol–water partition coefficient (Wildman–Crippen LogP) is 3.73. The number of hydrogen-bond acceptors (Lipinski definition) is 6. The standard InChI is InChI=1S/C21H25NO6/c1-7-28-21(24)19-12(2)18(13(3)22-19)15(23)9-8-14-10-16(25-4)20(27-6)17(11-14)26-5/h8-11,22H,7H2,1-6H3/b9-8+. The van der Waals surface area contributed by atoms with E-state index in [-0.39, 0.29) is 12.4 Å². The van der Waals surface area contributed by atoms with Crippen molar-refractivity contribution in [2.75, 3.05) is 27.9 Å². The van der Waals surface area contributed by atoms with E-state index in [1.807, 2.05) is 0 Å². The molecule has 1 heterocycles. The highest BCUT2D eigenvalue weighted by atomic mass is 16.5. The molecule has 0 aliphatic heterocycles. The summed E-state index contributed by atoms with van der Waals surface area (Å²) < 4.78 is 21.0. The molecular formula is C21H25NO6. The SMILES string of the molecule is CCOC(=O)c1[nH]c(C)c(C(=O)/C=C/c2cc(OC)c(OC)c(OC)c2)c1C. The number of aromatic amines is 1. The van der Waals surface area contributed by atoms with Crippen LogP contribution in [0.15, 0.2) is 18.2 Å². The summed E-state index contributed by atoms with van der Waals surface area (Å²) in [5.74, 6) is 0.760. The minimum absolute atomic E-state index is 0.226. The van der Waals surface area contributed by atoms with E-state index in [1.165, 1.54) is 27.4 Å². The second-order valence-corrected chi connectivity index (χ2v) is 6.00. The summed E-state index contributed by atoms with van der Waals surface area (Å²) in [5.41, 5.74) is 2.63. The number of aryl methyl sites for hydroxylation is 1. The summed E-state index contributed by atoms with van der Waals surface area (Å²) in [6.45, 7) is 5.46. The average Bonchev–Trinajstić information content (AvgIpc) is 2.99. The first kappa shape index (κ1) is 21.1. The zero-order valence-corrected chi connectivity index (χ0v) is 17.0. The smallest absolute Gasteiger partial charge is 0.355 e. The molecule has 1 aromatic heterocycles. The number of ether oxygens (including phenoxy) is 4. The zero-order valence-electron chi connectivity index (χ0n) is 17.0. The summed E-state index contributed by atoms with van der Waals surface area (Å²) in [4.78, 5) is 27.7. The molecule has 150 valence electrons. The van der Waals surface area contributed by atoms with Gasteiger partial charge in [0.2, 0.25) is 5.75 Å². The molecule has 0 amide bonds. The molecular weight excluding hydrogens is 362 g/mol. The Balaban J connectivity index is 2.35. The van der Waals surface area contributed by atoms with Crippen LogP contribution in [-0.2, 0) is 4.74 Å². The third-order valence-corrected chi connectivity index (χ3v) is 4.28. The molecule has 0 spiro atoms. The van der Waals surface area contributed by atoms with Gasteiger partial charge in [0.05, 0.1) is 27.9 Å². The van der Waals surface area contributed by atoms with Gasteiger partial charge in [-0.3, -0.25) is 4.79 Å². The fourth-order valence-corrected chi connectivity index (χ4v) is 2.98. The van der Waals surface area contributed by atoms with E-state index in [2.05, 4.69) is 4.98 Å². The molecule has 2 aromatic rings. The first-order chi connectivity index (χ1) is 13.4. The van der Waals surface area contributed by atoms with Crippen LogP contribution in [0.2, 0.25) is 0 Å². The van der Waals surface area contributed by atoms with Crippen molar-refractivity contribution >= 4 is 17.8 Å². The van der Waals surface area contributed by atoms with Crippen LogP contribution >= 0.6 is 0 Å². The number of esters is 1. The Morgan fingerprint density at radius 3 is 2.14 bits per heavy atom. The lowest BCUT2D eigenvalue weighted by molar-refractivity contribution is 0.0519. The van der Waals surface area contributed by atoms with Crippen LogP contribution in [0.1, 0.15) is 44.6 Å². The molecule has 0 unspecified atom stereocenters. The second kappa shape index (κ2) is 9.12. The molecule has 7 nitrogen and oxygen atoms in total. The molecule has 0 fully saturated rings. The molecule has 0 aliphatic carbocycles. The molecule has 2 rings (SSSR count). The lowest BCUT2D eigenvalue weighted by Gasteiger charge is -2.12. The van der Waals surface area contributed by atoms with E-state index in [0.717, 1.165) is 0 Å². The van der Waals surface area contributed by atoms with Gasteiger partial charge in [0.15, 0.2) is 17.3 Å². The van der Waals surface area contributed by atoms with Crippen molar-refractivity contribution in [1.82, 2.24) is 4.98 Å². The number of rotatable bonds is 8. The monoisotopic (exact) mass is 387 g/mol. The summed E-state index contributed by atoms with van der Waals surface area (Å²) >= 11 is 0. The van der Waals surface area contributed by atoms with Crippen molar-refractivity contribution in [2.45, 2.75) is 20.8 Å². The Hall–Kier alpha value is -3.22. The van der Waals surface area contributed by atoms with Crippen LogP contribution in [0.25, 0.3) is 6.08 Å². The Labute approximate surface area is 164 Å². The van der Waals surface area contributed by atoms with Crippen molar-refractivity contribution < 1.29 is 28.5 Å². The maximum atomic E-state index is 12.7. The van der Waals surface area contributed by atoms with E-state index in [9.17, 15) is 9.59 Å². The number of ketones is 1. The van der Waals surface area contributed by atoms with Crippen LogP contribution in [0.3, 0.4) is 0 Å². The summed E-state index contributed by atoms with van der Waals surface area (Å²) in [6.07, 6.45) is 3.10. The van der Waals surface area contributed by atoms with Gasteiger partial charge < -0.3 is 23.9 Å². The normalized spacial score (nSPS) is 10.8. The van der Waals surface area contributed by atoms with Gasteiger partial charge in [-0.2, -0.15) is 0 Å². The number of methoxy groups -OCH3 is 3. The van der Waals surface area contributed by atoms with E-state index in [0.29, 0.717) is 45.3 Å². The number of aromatic nitrogens is 1. The molecule has 0 aliphatic rings. The van der Waals surface area contributed by atoms with Crippen molar-refractivity contribution in [1.29, 1.82) is 0 Å². The van der Waals surface area contributed by atoms with E-state index in [1.54, 1.807) is 39.0 Å². The van der Waals surface area contributed by atoms with Crippen LogP contribution in [0.4, 0.5) is 0 Å². The number of hydrogen-bond donors (Lipinski definition) is 1.